The van der Waals surface area contributed by atoms with Crippen LogP contribution in [0.1, 0.15) is 18.5 Å². The molecule has 1 N–H and O–H groups in total. The maximum absolute atomic E-state index is 4.52. The van der Waals surface area contributed by atoms with Crippen LogP contribution in [0.2, 0.25) is 0 Å². The summed E-state index contributed by atoms with van der Waals surface area (Å²) in [6.45, 7) is 1.73. The van der Waals surface area contributed by atoms with E-state index in [0.717, 1.165) is 35.1 Å². The number of nitrogens with one attached hydrogen (secondary N) is 1. The molecule has 0 aromatic carbocycles. The predicted molar refractivity (Wildman–Crippen MR) is 65.3 cm³/mol. The highest BCUT2D eigenvalue weighted by Gasteiger charge is 2.35. The summed E-state index contributed by atoms with van der Waals surface area (Å²) in [5, 5.41) is 5.14. The molecule has 2 aliphatic rings. The van der Waals surface area contributed by atoms with Gasteiger partial charge in [0.2, 0.25) is 0 Å². The number of aromatic nitrogens is 2. The Morgan fingerprint density at radius 3 is 3.12 bits per heavy atom. The molecule has 84 valence electrons. The van der Waals surface area contributed by atoms with Crippen molar-refractivity contribution in [2.45, 2.75) is 24.6 Å². The standard InChI is InChI=1S/C11H14N4S/c1-2-8(1)10-6-14-11(16-10)13-5-9-3-4-12-7-15-9/h3-4,7-8,10H,1-2,5-6H2,(H,13,14). The maximum atomic E-state index is 4.52. The quantitative estimate of drug-likeness (QED) is 0.860. The maximum Gasteiger partial charge on any atom is 0.157 e. The van der Waals surface area contributed by atoms with Gasteiger partial charge in [0.25, 0.3) is 0 Å². The minimum absolute atomic E-state index is 0.730. The van der Waals surface area contributed by atoms with Crippen LogP contribution >= 0.6 is 11.8 Å². The summed E-state index contributed by atoms with van der Waals surface area (Å²) in [5.41, 5.74) is 1.01. The minimum atomic E-state index is 0.730. The molecule has 1 aliphatic carbocycles. The Morgan fingerprint density at radius 2 is 2.38 bits per heavy atom. The summed E-state index contributed by atoms with van der Waals surface area (Å²) in [4.78, 5) is 12.6. The van der Waals surface area contributed by atoms with E-state index in [1.54, 1.807) is 12.5 Å². The normalized spacial score (nSPS) is 24.2. The van der Waals surface area contributed by atoms with Gasteiger partial charge >= 0.3 is 0 Å². The van der Waals surface area contributed by atoms with Gasteiger partial charge in [-0.1, -0.05) is 11.8 Å². The lowest BCUT2D eigenvalue weighted by Crippen LogP contribution is -2.19. The van der Waals surface area contributed by atoms with E-state index in [9.17, 15) is 0 Å². The first-order valence-electron chi connectivity index (χ1n) is 5.62. The average molecular weight is 234 g/mol. The number of amidine groups is 1. The minimum Gasteiger partial charge on any atom is -0.359 e. The molecule has 2 heterocycles. The second kappa shape index (κ2) is 4.41. The zero-order valence-electron chi connectivity index (χ0n) is 8.97. The molecule has 1 atom stereocenters. The third-order valence-corrected chi connectivity index (χ3v) is 4.22. The van der Waals surface area contributed by atoms with E-state index in [2.05, 4.69) is 20.3 Å². The van der Waals surface area contributed by atoms with Crippen molar-refractivity contribution < 1.29 is 0 Å². The molecule has 16 heavy (non-hydrogen) atoms. The number of hydrogen-bond donors (Lipinski definition) is 1. The largest absolute Gasteiger partial charge is 0.359 e. The summed E-state index contributed by atoms with van der Waals surface area (Å²) >= 11 is 1.90. The number of aliphatic imine (C=N–C) groups is 1. The molecular formula is C11H14N4S. The molecule has 1 aliphatic heterocycles. The number of rotatable bonds is 3. The van der Waals surface area contributed by atoms with Crippen LogP contribution in [0.25, 0.3) is 0 Å². The lowest BCUT2D eigenvalue weighted by atomic mass is 10.3. The van der Waals surface area contributed by atoms with Crippen molar-refractivity contribution in [3.63, 3.8) is 0 Å². The molecule has 1 aromatic rings. The Labute approximate surface area is 99.0 Å². The first kappa shape index (κ1) is 10.1. The monoisotopic (exact) mass is 234 g/mol. The predicted octanol–water partition coefficient (Wildman–Crippen LogP) is 1.45. The molecule has 3 rings (SSSR count). The molecule has 4 nitrogen and oxygen atoms in total. The Balaban J connectivity index is 1.49. The van der Waals surface area contributed by atoms with Crippen molar-refractivity contribution >= 4 is 16.9 Å². The number of nitrogens with zero attached hydrogens (tertiary/aromatic N) is 3. The van der Waals surface area contributed by atoms with E-state index in [-0.39, 0.29) is 0 Å². The second-order valence-corrected chi connectivity index (χ2v) is 5.42. The van der Waals surface area contributed by atoms with Crippen LogP contribution in [-0.4, -0.2) is 26.9 Å². The van der Waals surface area contributed by atoms with Gasteiger partial charge in [0, 0.05) is 11.4 Å². The van der Waals surface area contributed by atoms with E-state index in [1.165, 1.54) is 12.8 Å². The first-order valence-corrected chi connectivity index (χ1v) is 6.49. The molecule has 1 fully saturated rings. The van der Waals surface area contributed by atoms with Crippen LogP contribution in [0.4, 0.5) is 0 Å². The van der Waals surface area contributed by atoms with Gasteiger partial charge in [-0.3, -0.25) is 4.99 Å². The topological polar surface area (TPSA) is 50.2 Å². The molecule has 0 saturated heterocycles. The second-order valence-electron chi connectivity index (χ2n) is 4.19. The highest BCUT2D eigenvalue weighted by Crippen LogP contribution is 2.41. The van der Waals surface area contributed by atoms with Gasteiger partial charge in [0.15, 0.2) is 5.17 Å². The highest BCUT2D eigenvalue weighted by atomic mass is 32.2. The Bertz CT molecular complexity index is 388. The zero-order chi connectivity index (χ0) is 10.8. The molecule has 0 bridgehead atoms. The molecular weight excluding hydrogens is 220 g/mol. The van der Waals surface area contributed by atoms with Crippen molar-refractivity contribution in [2.24, 2.45) is 10.9 Å². The van der Waals surface area contributed by atoms with E-state index in [4.69, 9.17) is 0 Å². The Morgan fingerprint density at radius 1 is 1.44 bits per heavy atom. The molecule has 5 heteroatoms. The Kier molecular flexibility index (Phi) is 2.78. The van der Waals surface area contributed by atoms with Crippen LogP contribution in [0.3, 0.4) is 0 Å². The number of thioether (sulfide) groups is 1. The van der Waals surface area contributed by atoms with Crippen molar-refractivity contribution in [2.75, 3.05) is 6.54 Å². The fraction of sp³-hybridized carbons (Fsp3) is 0.545. The lowest BCUT2D eigenvalue weighted by molar-refractivity contribution is 0.771. The molecule has 1 saturated carbocycles. The summed E-state index contributed by atoms with van der Waals surface area (Å²) in [6, 6.07) is 1.92. The van der Waals surface area contributed by atoms with Gasteiger partial charge in [0.05, 0.1) is 18.8 Å². The van der Waals surface area contributed by atoms with Crippen molar-refractivity contribution in [1.29, 1.82) is 0 Å². The molecule has 0 radical (unpaired) electrons. The van der Waals surface area contributed by atoms with Crippen LogP contribution < -0.4 is 5.32 Å². The van der Waals surface area contributed by atoms with Gasteiger partial charge in [-0.2, -0.15) is 0 Å². The molecule has 1 aromatic heterocycles. The summed E-state index contributed by atoms with van der Waals surface area (Å²) in [5.74, 6) is 0.923. The first-order chi connectivity index (χ1) is 7.92. The summed E-state index contributed by atoms with van der Waals surface area (Å²) in [7, 11) is 0. The molecule has 0 spiro atoms. The van der Waals surface area contributed by atoms with Crippen LogP contribution in [-0.2, 0) is 6.54 Å². The third-order valence-electron chi connectivity index (χ3n) is 2.89. The van der Waals surface area contributed by atoms with Crippen LogP contribution in [0.15, 0.2) is 23.6 Å². The molecule has 1 unspecified atom stereocenters. The van der Waals surface area contributed by atoms with E-state index < -0.39 is 0 Å². The smallest absolute Gasteiger partial charge is 0.157 e. The van der Waals surface area contributed by atoms with Crippen molar-refractivity contribution in [1.82, 2.24) is 15.3 Å². The Hall–Kier alpha value is -1.10. The SMILES string of the molecule is c1cc(CNC2=NCC(C3CC3)S2)ncn1. The van der Waals surface area contributed by atoms with E-state index in [1.807, 2.05) is 17.8 Å². The van der Waals surface area contributed by atoms with E-state index in [0.29, 0.717) is 0 Å². The van der Waals surface area contributed by atoms with Gasteiger partial charge in [0.1, 0.15) is 6.33 Å². The van der Waals surface area contributed by atoms with Gasteiger partial charge < -0.3 is 5.32 Å². The van der Waals surface area contributed by atoms with Gasteiger partial charge in [-0.25, -0.2) is 9.97 Å². The van der Waals surface area contributed by atoms with Crippen LogP contribution in [0.5, 0.6) is 0 Å². The average Bonchev–Trinajstić information content (AvgIpc) is 3.08. The number of hydrogen-bond acceptors (Lipinski definition) is 5. The zero-order valence-corrected chi connectivity index (χ0v) is 9.78. The summed E-state index contributed by atoms with van der Waals surface area (Å²) < 4.78 is 0. The fourth-order valence-electron chi connectivity index (χ4n) is 1.79. The van der Waals surface area contributed by atoms with Crippen molar-refractivity contribution in [3.8, 4) is 0 Å². The molecule has 0 amide bonds. The van der Waals surface area contributed by atoms with Crippen molar-refractivity contribution in [3.05, 3.63) is 24.3 Å². The summed E-state index contributed by atoms with van der Waals surface area (Å²) in [6.07, 6.45) is 6.13. The van der Waals surface area contributed by atoms with Gasteiger partial charge in [-0.05, 0) is 24.8 Å². The highest BCUT2D eigenvalue weighted by molar-refractivity contribution is 8.14. The third kappa shape index (κ3) is 2.35. The lowest BCUT2D eigenvalue weighted by Gasteiger charge is -2.07. The van der Waals surface area contributed by atoms with Gasteiger partial charge in [-0.15, -0.1) is 0 Å². The fourth-order valence-corrected chi connectivity index (χ4v) is 3.00. The van der Waals surface area contributed by atoms with E-state index >= 15 is 0 Å². The van der Waals surface area contributed by atoms with Crippen LogP contribution in [0, 0.1) is 5.92 Å².